The summed E-state index contributed by atoms with van der Waals surface area (Å²) in [6.45, 7) is 42.7. The molecule has 0 aliphatic heterocycles. The number of fused-ring (bicyclic) bond motifs is 9. The molecule has 8 aromatic carbocycles. The second-order valence-electron chi connectivity index (χ2n) is 23.0. The number of hydrogen-bond donors (Lipinski definition) is 0. The molecule has 0 fully saturated rings. The van der Waals surface area contributed by atoms with E-state index in [1.54, 1.807) is 0 Å². The zero-order valence-electron chi connectivity index (χ0n) is 46.1. The maximum atomic E-state index is 2.37. The van der Waals surface area contributed by atoms with E-state index in [2.05, 4.69) is 259 Å². The Kier molecular flexibility index (Phi) is 13.3. The largest absolute Gasteiger partial charge is 0.0619 e. The van der Waals surface area contributed by atoms with E-state index in [-0.39, 0.29) is 16.2 Å². The second kappa shape index (κ2) is 18.5. The monoisotopic (exact) mass is 919 g/mol. The van der Waals surface area contributed by atoms with Crippen LogP contribution in [0.15, 0.2) is 127 Å². The number of benzene rings is 8. The summed E-state index contributed by atoms with van der Waals surface area (Å²) in [5.74, 6) is 0. The maximum absolute atomic E-state index is 2.37. The average molecular weight is 919 g/mol. The highest BCUT2D eigenvalue weighted by molar-refractivity contribution is 5.85. The SMILES string of the molecule is Cc1cc(C)c2c(c1)-c1ccc(C)cc1C2(C)C.Cc1cc(C)c2c(c1)C(C)(C)c1ccccc1-2.Cc1cc(C)cc(-c2c(C)cc(C)cc2C)c1.Cc1cc2c(c(C)c1C)C(C)(C)c1ccccc1-2. The highest BCUT2D eigenvalue weighted by Gasteiger charge is 2.39. The third-order valence-corrected chi connectivity index (χ3v) is 16.1. The molecule has 8 aromatic rings. The fourth-order valence-electron chi connectivity index (χ4n) is 13.0. The van der Waals surface area contributed by atoms with Gasteiger partial charge in [-0.1, -0.05) is 202 Å². The molecule has 358 valence electrons. The van der Waals surface area contributed by atoms with Crippen molar-refractivity contribution < 1.29 is 0 Å². The van der Waals surface area contributed by atoms with Gasteiger partial charge in [-0.25, -0.2) is 0 Å². The van der Waals surface area contributed by atoms with E-state index >= 15 is 0 Å². The first-order valence-corrected chi connectivity index (χ1v) is 25.7. The van der Waals surface area contributed by atoms with Crippen LogP contribution in [0.25, 0.3) is 44.5 Å². The Morgan fingerprint density at radius 3 is 1.31 bits per heavy atom. The van der Waals surface area contributed by atoms with Crippen molar-refractivity contribution in [1.29, 1.82) is 0 Å². The lowest BCUT2D eigenvalue weighted by molar-refractivity contribution is 0.654. The summed E-state index contributed by atoms with van der Waals surface area (Å²) in [5, 5.41) is 0. The van der Waals surface area contributed by atoms with Crippen molar-refractivity contribution in [2.45, 2.75) is 148 Å². The van der Waals surface area contributed by atoms with E-state index in [1.807, 2.05) is 0 Å². The molecule has 0 unspecified atom stereocenters. The van der Waals surface area contributed by atoms with Crippen LogP contribution in [0.2, 0.25) is 0 Å². The van der Waals surface area contributed by atoms with E-state index in [0.717, 1.165) is 0 Å². The lowest BCUT2D eigenvalue weighted by Gasteiger charge is -2.24. The van der Waals surface area contributed by atoms with Gasteiger partial charge in [-0.05, 0) is 207 Å². The molecule has 3 aliphatic carbocycles. The van der Waals surface area contributed by atoms with Crippen LogP contribution in [0.4, 0.5) is 0 Å². The fraction of sp³-hybridized carbons (Fsp3) is 0.314. The number of aryl methyl sites for hydroxylation is 11. The molecule has 0 bridgehead atoms. The van der Waals surface area contributed by atoms with Gasteiger partial charge in [0.05, 0.1) is 0 Å². The van der Waals surface area contributed by atoms with Gasteiger partial charge >= 0.3 is 0 Å². The van der Waals surface area contributed by atoms with E-state index in [9.17, 15) is 0 Å². The van der Waals surface area contributed by atoms with Crippen molar-refractivity contribution in [3.63, 3.8) is 0 Å². The van der Waals surface area contributed by atoms with Crippen molar-refractivity contribution >= 4 is 0 Å². The molecule has 0 aromatic heterocycles. The summed E-state index contributed by atoms with van der Waals surface area (Å²) in [4.78, 5) is 0. The van der Waals surface area contributed by atoms with Crippen LogP contribution >= 0.6 is 0 Å². The van der Waals surface area contributed by atoms with E-state index in [1.165, 1.54) is 150 Å². The molecule has 0 heteroatoms. The van der Waals surface area contributed by atoms with Crippen LogP contribution in [0.3, 0.4) is 0 Å². The van der Waals surface area contributed by atoms with E-state index in [4.69, 9.17) is 0 Å². The van der Waals surface area contributed by atoms with Gasteiger partial charge in [-0.15, -0.1) is 0 Å². The zero-order chi connectivity index (χ0) is 50.9. The van der Waals surface area contributed by atoms with Crippen LogP contribution in [0, 0.1) is 90.0 Å². The van der Waals surface area contributed by atoms with Gasteiger partial charge in [0.1, 0.15) is 0 Å². The summed E-state index contributed by atoms with van der Waals surface area (Å²) >= 11 is 0. The van der Waals surface area contributed by atoms with Crippen molar-refractivity contribution in [2.75, 3.05) is 0 Å². The van der Waals surface area contributed by atoms with Gasteiger partial charge in [0, 0.05) is 16.2 Å². The molecule has 0 spiro atoms. The van der Waals surface area contributed by atoms with Gasteiger partial charge in [-0.3, -0.25) is 0 Å². The van der Waals surface area contributed by atoms with E-state index in [0.29, 0.717) is 0 Å². The average Bonchev–Trinajstić information content (AvgIpc) is 3.74. The molecule has 0 atom stereocenters. The normalized spacial score (nSPS) is 14.3. The smallest absolute Gasteiger partial charge is 0.0161 e. The highest BCUT2D eigenvalue weighted by Crippen LogP contribution is 2.53. The summed E-state index contributed by atoms with van der Waals surface area (Å²) < 4.78 is 0. The van der Waals surface area contributed by atoms with Crippen LogP contribution in [0.1, 0.15) is 147 Å². The molecule has 0 N–H and O–H groups in total. The zero-order valence-corrected chi connectivity index (χ0v) is 46.1. The Labute approximate surface area is 423 Å². The van der Waals surface area contributed by atoms with Crippen molar-refractivity contribution in [1.82, 2.24) is 0 Å². The molecular weight excluding hydrogens is 841 g/mol. The van der Waals surface area contributed by atoms with Crippen LogP contribution in [-0.2, 0) is 16.2 Å². The van der Waals surface area contributed by atoms with Crippen molar-refractivity contribution in [3.8, 4) is 44.5 Å². The Balaban J connectivity index is 0.000000126. The Morgan fingerprint density at radius 1 is 0.257 bits per heavy atom. The molecule has 70 heavy (non-hydrogen) atoms. The minimum atomic E-state index is 0.133. The molecule has 0 saturated heterocycles. The first-order valence-electron chi connectivity index (χ1n) is 25.7. The molecule has 0 radical (unpaired) electrons. The third kappa shape index (κ3) is 8.82. The van der Waals surface area contributed by atoms with Crippen molar-refractivity contribution in [2.24, 2.45) is 0 Å². The lowest BCUT2D eigenvalue weighted by atomic mass is 9.79. The third-order valence-electron chi connectivity index (χ3n) is 16.1. The van der Waals surface area contributed by atoms with Crippen molar-refractivity contribution in [3.05, 3.63) is 233 Å². The van der Waals surface area contributed by atoms with Crippen LogP contribution < -0.4 is 0 Å². The second-order valence-corrected chi connectivity index (χ2v) is 23.0. The molecule has 0 heterocycles. The Hall–Kier alpha value is -6.24. The summed E-state index contributed by atoms with van der Waals surface area (Å²) in [5.41, 5.74) is 38.6. The standard InChI is InChI=1S/2C18H20.C17H18.C17H20/c1-11-6-7-14-15-9-12(2)8-13(3)17(15)18(4,5)16(14)10-11;1-11-10-15-14-8-6-7-9-16(14)18(4,5)17(15)13(3)12(11)2;1-11-9-12(2)16-13-7-5-6-8-14(13)17(3,4)15(16)10-11;1-11-6-12(2)10-16(9-11)17-14(4)7-13(3)8-15(17)5/h2*6-10H,1-5H3;5-10H,1-4H3;6-10H,1-5H3. The molecule has 0 nitrogen and oxygen atoms in total. The molecule has 3 aliphatic rings. The predicted molar refractivity (Wildman–Crippen MR) is 305 cm³/mol. The van der Waals surface area contributed by atoms with Crippen LogP contribution in [-0.4, -0.2) is 0 Å². The molecule has 0 saturated carbocycles. The number of hydrogen-bond acceptors (Lipinski definition) is 0. The summed E-state index contributed by atoms with van der Waals surface area (Å²) in [7, 11) is 0. The Bertz CT molecular complexity index is 3310. The topological polar surface area (TPSA) is 0 Å². The maximum Gasteiger partial charge on any atom is 0.0161 e. The molecule has 0 amide bonds. The van der Waals surface area contributed by atoms with Gasteiger partial charge in [0.15, 0.2) is 0 Å². The quantitative estimate of drug-likeness (QED) is 0.154. The minimum absolute atomic E-state index is 0.133. The fourth-order valence-corrected chi connectivity index (χ4v) is 13.0. The van der Waals surface area contributed by atoms with Gasteiger partial charge < -0.3 is 0 Å². The molecule has 11 rings (SSSR count). The minimum Gasteiger partial charge on any atom is -0.0619 e. The van der Waals surface area contributed by atoms with Gasteiger partial charge in [0.2, 0.25) is 0 Å². The molecular formula is C70H78. The first kappa shape index (κ1) is 50.2. The predicted octanol–water partition coefficient (Wildman–Crippen LogP) is 19.3. The Morgan fingerprint density at radius 2 is 0.700 bits per heavy atom. The lowest BCUT2D eigenvalue weighted by Crippen LogP contribution is -2.17. The van der Waals surface area contributed by atoms with E-state index < -0.39 is 0 Å². The highest BCUT2D eigenvalue weighted by atomic mass is 14.4. The number of rotatable bonds is 1. The summed E-state index contributed by atoms with van der Waals surface area (Å²) in [6.07, 6.45) is 0. The first-order chi connectivity index (χ1) is 32.8. The van der Waals surface area contributed by atoms with Gasteiger partial charge in [0.25, 0.3) is 0 Å². The van der Waals surface area contributed by atoms with Gasteiger partial charge in [-0.2, -0.15) is 0 Å². The van der Waals surface area contributed by atoms with Crippen LogP contribution in [0.5, 0.6) is 0 Å². The summed E-state index contributed by atoms with van der Waals surface area (Å²) in [6, 6.07) is 47.5.